The Kier molecular flexibility index (Phi) is 4.21. The minimum atomic E-state index is -1.04. The summed E-state index contributed by atoms with van der Waals surface area (Å²) in [6, 6.07) is 0. The number of rotatable bonds is 6. The number of carbonyl (C=O) groups is 2. The van der Waals surface area contributed by atoms with Gasteiger partial charge in [0.05, 0.1) is 23.0 Å². The van der Waals surface area contributed by atoms with Crippen LogP contribution in [0.3, 0.4) is 0 Å². The lowest BCUT2D eigenvalue weighted by Crippen LogP contribution is -2.13. The standard InChI is InChI=1S/C14H18N4O3/c1-4-18-13-10(7-16-18)12(15-6-5-8(2)19)11(14(20)21)9(3)17-13/h7H,4-6H2,1-3H3,(H,15,17)(H,20,21). The molecular weight excluding hydrogens is 272 g/mol. The van der Waals surface area contributed by atoms with Crippen molar-refractivity contribution in [3.8, 4) is 0 Å². The summed E-state index contributed by atoms with van der Waals surface area (Å²) in [6.45, 7) is 6.13. The van der Waals surface area contributed by atoms with E-state index >= 15 is 0 Å². The summed E-state index contributed by atoms with van der Waals surface area (Å²) in [5.74, 6) is -0.998. The van der Waals surface area contributed by atoms with E-state index in [0.29, 0.717) is 41.9 Å². The number of carboxylic acids is 1. The fourth-order valence-electron chi connectivity index (χ4n) is 2.24. The predicted octanol–water partition coefficient (Wildman–Crippen LogP) is 1.85. The number of hydrogen-bond donors (Lipinski definition) is 2. The number of anilines is 1. The first-order valence-electron chi connectivity index (χ1n) is 6.78. The molecule has 0 spiro atoms. The number of fused-ring (bicyclic) bond motifs is 1. The van der Waals surface area contributed by atoms with Gasteiger partial charge in [-0.05, 0) is 20.8 Å². The zero-order chi connectivity index (χ0) is 15.6. The highest BCUT2D eigenvalue weighted by atomic mass is 16.4. The zero-order valence-corrected chi connectivity index (χ0v) is 12.3. The SMILES string of the molecule is CCn1ncc2c(NCCC(C)=O)c(C(=O)O)c(C)nc21. The van der Waals surface area contributed by atoms with Crippen LogP contribution in [0.2, 0.25) is 0 Å². The van der Waals surface area contributed by atoms with Gasteiger partial charge in [-0.25, -0.2) is 14.5 Å². The molecule has 0 atom stereocenters. The number of carbonyl (C=O) groups excluding carboxylic acids is 1. The second-order valence-electron chi connectivity index (χ2n) is 4.83. The quantitative estimate of drug-likeness (QED) is 0.842. The Balaban J connectivity index is 2.56. The molecule has 0 aromatic carbocycles. The molecule has 2 aromatic heterocycles. The molecule has 0 bridgehead atoms. The number of aromatic carboxylic acids is 1. The van der Waals surface area contributed by atoms with Gasteiger partial charge in [0.1, 0.15) is 11.3 Å². The van der Waals surface area contributed by atoms with Crippen LogP contribution in [0.5, 0.6) is 0 Å². The lowest BCUT2D eigenvalue weighted by Gasteiger charge is -2.12. The van der Waals surface area contributed by atoms with Crippen molar-refractivity contribution in [2.45, 2.75) is 33.7 Å². The Morgan fingerprint density at radius 1 is 1.43 bits per heavy atom. The molecular formula is C14H18N4O3. The van der Waals surface area contributed by atoms with Crippen molar-refractivity contribution in [1.29, 1.82) is 0 Å². The number of aryl methyl sites for hydroxylation is 2. The number of ketones is 1. The van der Waals surface area contributed by atoms with Crippen molar-refractivity contribution in [2.24, 2.45) is 0 Å². The Bertz CT molecular complexity index is 706. The van der Waals surface area contributed by atoms with Crippen LogP contribution in [0.1, 0.15) is 36.3 Å². The van der Waals surface area contributed by atoms with E-state index in [9.17, 15) is 14.7 Å². The normalized spacial score (nSPS) is 10.8. The van der Waals surface area contributed by atoms with Crippen LogP contribution in [0.15, 0.2) is 6.20 Å². The topological polar surface area (TPSA) is 97.1 Å². The van der Waals surface area contributed by atoms with E-state index in [4.69, 9.17) is 0 Å². The van der Waals surface area contributed by atoms with Crippen molar-refractivity contribution in [3.63, 3.8) is 0 Å². The smallest absolute Gasteiger partial charge is 0.339 e. The molecule has 7 heteroatoms. The average Bonchev–Trinajstić information content (AvgIpc) is 2.80. The van der Waals surface area contributed by atoms with Crippen molar-refractivity contribution in [3.05, 3.63) is 17.5 Å². The third-order valence-corrected chi connectivity index (χ3v) is 3.26. The van der Waals surface area contributed by atoms with Crippen LogP contribution in [-0.2, 0) is 11.3 Å². The number of carboxylic acid groups (broad SMARTS) is 1. The van der Waals surface area contributed by atoms with Gasteiger partial charge in [-0.3, -0.25) is 4.79 Å². The van der Waals surface area contributed by atoms with Gasteiger partial charge >= 0.3 is 5.97 Å². The highest BCUT2D eigenvalue weighted by Gasteiger charge is 2.20. The van der Waals surface area contributed by atoms with E-state index in [0.717, 1.165) is 0 Å². The molecule has 0 saturated heterocycles. The monoisotopic (exact) mass is 290 g/mol. The van der Waals surface area contributed by atoms with Crippen LogP contribution >= 0.6 is 0 Å². The molecule has 0 saturated carbocycles. The molecule has 0 fully saturated rings. The molecule has 0 unspecified atom stereocenters. The van der Waals surface area contributed by atoms with Crippen molar-refractivity contribution in [1.82, 2.24) is 14.8 Å². The number of hydrogen-bond acceptors (Lipinski definition) is 5. The van der Waals surface area contributed by atoms with Crippen LogP contribution in [0, 0.1) is 6.92 Å². The van der Waals surface area contributed by atoms with E-state index in [-0.39, 0.29) is 11.3 Å². The van der Waals surface area contributed by atoms with Gasteiger partial charge in [-0.1, -0.05) is 0 Å². The highest BCUT2D eigenvalue weighted by molar-refractivity contribution is 6.04. The number of pyridine rings is 1. The number of Topliss-reactive ketones (excluding diaryl/α,β-unsaturated/α-hetero) is 1. The lowest BCUT2D eigenvalue weighted by molar-refractivity contribution is -0.116. The minimum Gasteiger partial charge on any atom is -0.478 e. The molecule has 2 N–H and O–H groups in total. The average molecular weight is 290 g/mol. The largest absolute Gasteiger partial charge is 0.478 e. The Labute approximate surface area is 122 Å². The van der Waals surface area contributed by atoms with E-state index in [1.165, 1.54) is 6.92 Å². The molecule has 0 aliphatic carbocycles. The van der Waals surface area contributed by atoms with E-state index < -0.39 is 5.97 Å². The number of aromatic nitrogens is 3. The predicted molar refractivity (Wildman–Crippen MR) is 78.7 cm³/mol. The summed E-state index contributed by atoms with van der Waals surface area (Å²) in [4.78, 5) is 26.9. The Hall–Kier alpha value is -2.44. The van der Waals surface area contributed by atoms with Gasteiger partial charge in [0.2, 0.25) is 0 Å². The summed E-state index contributed by atoms with van der Waals surface area (Å²) >= 11 is 0. The second kappa shape index (κ2) is 5.90. The maximum absolute atomic E-state index is 11.5. The van der Waals surface area contributed by atoms with Gasteiger partial charge in [0.25, 0.3) is 0 Å². The Morgan fingerprint density at radius 3 is 2.71 bits per heavy atom. The molecule has 2 rings (SSSR count). The fourth-order valence-corrected chi connectivity index (χ4v) is 2.24. The maximum Gasteiger partial charge on any atom is 0.339 e. The number of nitrogens with one attached hydrogen (secondary N) is 1. The van der Waals surface area contributed by atoms with Crippen LogP contribution in [0.4, 0.5) is 5.69 Å². The molecule has 0 amide bonds. The van der Waals surface area contributed by atoms with Gasteiger partial charge in [-0.2, -0.15) is 5.10 Å². The summed E-state index contributed by atoms with van der Waals surface area (Å²) < 4.78 is 1.71. The van der Waals surface area contributed by atoms with Crippen LogP contribution < -0.4 is 5.32 Å². The molecule has 2 heterocycles. The third kappa shape index (κ3) is 2.86. The molecule has 0 aliphatic rings. The van der Waals surface area contributed by atoms with Gasteiger partial charge in [-0.15, -0.1) is 0 Å². The summed E-state index contributed by atoms with van der Waals surface area (Å²) in [7, 11) is 0. The van der Waals surface area contributed by atoms with Gasteiger partial charge < -0.3 is 10.4 Å². The van der Waals surface area contributed by atoms with E-state index in [1.54, 1.807) is 17.8 Å². The zero-order valence-electron chi connectivity index (χ0n) is 12.3. The highest BCUT2D eigenvalue weighted by Crippen LogP contribution is 2.28. The number of nitrogens with zero attached hydrogens (tertiary/aromatic N) is 3. The molecule has 7 nitrogen and oxygen atoms in total. The first-order chi connectivity index (χ1) is 9.95. The van der Waals surface area contributed by atoms with E-state index in [2.05, 4.69) is 15.4 Å². The third-order valence-electron chi connectivity index (χ3n) is 3.26. The summed E-state index contributed by atoms with van der Waals surface area (Å²) in [6.07, 6.45) is 1.94. The van der Waals surface area contributed by atoms with E-state index in [1.807, 2.05) is 6.92 Å². The minimum absolute atomic E-state index is 0.0469. The molecule has 0 radical (unpaired) electrons. The summed E-state index contributed by atoms with van der Waals surface area (Å²) in [5.41, 5.74) is 1.67. The maximum atomic E-state index is 11.5. The van der Waals surface area contributed by atoms with Gasteiger partial charge in [0, 0.05) is 19.5 Å². The summed E-state index contributed by atoms with van der Waals surface area (Å²) in [5, 5.41) is 17.3. The van der Waals surface area contributed by atoms with Crippen molar-refractivity contribution in [2.75, 3.05) is 11.9 Å². The first-order valence-corrected chi connectivity index (χ1v) is 6.78. The second-order valence-corrected chi connectivity index (χ2v) is 4.83. The van der Waals surface area contributed by atoms with Crippen molar-refractivity contribution >= 4 is 28.5 Å². The van der Waals surface area contributed by atoms with Crippen molar-refractivity contribution < 1.29 is 14.7 Å². The Morgan fingerprint density at radius 2 is 2.14 bits per heavy atom. The fraction of sp³-hybridized carbons (Fsp3) is 0.429. The molecule has 2 aromatic rings. The molecule has 0 aliphatic heterocycles. The lowest BCUT2D eigenvalue weighted by atomic mass is 10.1. The molecule has 112 valence electrons. The first kappa shape index (κ1) is 15.0. The van der Waals surface area contributed by atoms with Crippen LogP contribution in [0.25, 0.3) is 11.0 Å². The van der Waals surface area contributed by atoms with Crippen LogP contribution in [-0.4, -0.2) is 38.2 Å². The van der Waals surface area contributed by atoms with Gasteiger partial charge in [0.15, 0.2) is 5.65 Å². The molecule has 21 heavy (non-hydrogen) atoms.